The van der Waals surface area contributed by atoms with Crippen LogP contribution in [0.25, 0.3) is 54.9 Å². The van der Waals surface area contributed by atoms with Gasteiger partial charge in [-0.1, -0.05) is 162 Å². The van der Waals surface area contributed by atoms with Gasteiger partial charge < -0.3 is 4.90 Å². The molecule has 1 saturated carbocycles. The summed E-state index contributed by atoms with van der Waals surface area (Å²) < 4.78 is 0. The summed E-state index contributed by atoms with van der Waals surface area (Å²) in [5, 5.41) is 5.23. The van der Waals surface area contributed by atoms with Crippen molar-refractivity contribution in [3.05, 3.63) is 186 Å². The van der Waals surface area contributed by atoms with Gasteiger partial charge in [-0.05, 0) is 132 Å². The molecule has 3 aliphatic rings. The van der Waals surface area contributed by atoms with Crippen LogP contribution in [-0.2, 0) is 10.8 Å². The highest BCUT2D eigenvalue weighted by Gasteiger charge is 2.38. The van der Waals surface area contributed by atoms with E-state index in [4.69, 9.17) is 0 Å². The SMILES string of the molecule is CC1(C)c2ccccc2-c2ccc(-c3c(N(c4ccc5c(c4)C(C)(C)c4ccccc4-5)c4ccc5ccccc5c4)cc(C4CCCC4)c4ccccc34)cc21. The van der Waals surface area contributed by atoms with Crippen LogP contribution in [0.3, 0.4) is 0 Å². The van der Waals surface area contributed by atoms with Crippen molar-refractivity contribution in [3.8, 4) is 33.4 Å². The summed E-state index contributed by atoms with van der Waals surface area (Å²) >= 11 is 0. The maximum Gasteiger partial charge on any atom is 0.0549 e. The number of hydrogen-bond acceptors (Lipinski definition) is 1. The van der Waals surface area contributed by atoms with E-state index in [0.29, 0.717) is 5.92 Å². The van der Waals surface area contributed by atoms with Gasteiger partial charge in [0.2, 0.25) is 0 Å². The third-order valence-corrected chi connectivity index (χ3v) is 13.8. The van der Waals surface area contributed by atoms with Crippen LogP contribution in [-0.4, -0.2) is 0 Å². The molecule has 0 N–H and O–H groups in total. The van der Waals surface area contributed by atoms with E-state index in [9.17, 15) is 0 Å². The highest BCUT2D eigenvalue weighted by molar-refractivity contribution is 6.08. The van der Waals surface area contributed by atoms with Crippen molar-refractivity contribution in [1.82, 2.24) is 0 Å². The second-order valence-electron chi connectivity index (χ2n) is 17.6. The van der Waals surface area contributed by atoms with Gasteiger partial charge in [-0.2, -0.15) is 0 Å². The summed E-state index contributed by atoms with van der Waals surface area (Å²) in [7, 11) is 0. The first-order chi connectivity index (χ1) is 27.3. The lowest BCUT2D eigenvalue weighted by Crippen LogP contribution is -2.17. The number of nitrogens with zero attached hydrogens (tertiary/aromatic N) is 1. The Balaban J connectivity index is 1.22. The predicted octanol–water partition coefficient (Wildman–Crippen LogP) is 15.4. The molecule has 11 rings (SSSR count). The highest BCUT2D eigenvalue weighted by Crippen LogP contribution is 2.55. The van der Waals surface area contributed by atoms with Crippen molar-refractivity contribution in [2.45, 2.75) is 70.1 Å². The van der Waals surface area contributed by atoms with E-state index in [1.54, 1.807) is 0 Å². The molecule has 0 bridgehead atoms. The minimum Gasteiger partial charge on any atom is -0.310 e. The molecule has 0 heterocycles. The zero-order valence-electron chi connectivity index (χ0n) is 32.9. The summed E-state index contributed by atoms with van der Waals surface area (Å²) in [5.74, 6) is 0.549. The Labute approximate surface area is 331 Å². The van der Waals surface area contributed by atoms with E-state index in [1.165, 1.54) is 125 Å². The van der Waals surface area contributed by atoms with Crippen molar-refractivity contribution >= 4 is 38.6 Å². The van der Waals surface area contributed by atoms with Crippen LogP contribution in [0.2, 0.25) is 0 Å². The smallest absolute Gasteiger partial charge is 0.0549 e. The molecule has 1 heteroatoms. The summed E-state index contributed by atoms with van der Waals surface area (Å²) in [4.78, 5) is 2.60. The molecule has 0 radical (unpaired) electrons. The van der Waals surface area contributed by atoms with Crippen molar-refractivity contribution in [1.29, 1.82) is 0 Å². The van der Waals surface area contributed by atoms with Crippen LogP contribution in [0.15, 0.2) is 158 Å². The second kappa shape index (κ2) is 12.3. The molecule has 56 heavy (non-hydrogen) atoms. The second-order valence-corrected chi connectivity index (χ2v) is 17.6. The van der Waals surface area contributed by atoms with Gasteiger partial charge in [0.1, 0.15) is 0 Å². The van der Waals surface area contributed by atoms with Crippen molar-refractivity contribution < 1.29 is 0 Å². The topological polar surface area (TPSA) is 3.24 Å². The van der Waals surface area contributed by atoms with Crippen LogP contribution in [0, 0.1) is 0 Å². The zero-order chi connectivity index (χ0) is 37.8. The maximum atomic E-state index is 2.60. The maximum absolute atomic E-state index is 2.60. The van der Waals surface area contributed by atoms with Crippen molar-refractivity contribution in [3.63, 3.8) is 0 Å². The number of fused-ring (bicyclic) bond motifs is 8. The largest absolute Gasteiger partial charge is 0.310 e. The van der Waals surface area contributed by atoms with Gasteiger partial charge in [0, 0.05) is 27.8 Å². The van der Waals surface area contributed by atoms with Gasteiger partial charge in [-0.3, -0.25) is 0 Å². The van der Waals surface area contributed by atoms with Crippen LogP contribution < -0.4 is 4.90 Å². The minimum atomic E-state index is -0.112. The van der Waals surface area contributed by atoms with Crippen LogP contribution in [0.1, 0.15) is 87.1 Å². The Kier molecular flexibility index (Phi) is 7.33. The van der Waals surface area contributed by atoms with E-state index in [-0.39, 0.29) is 10.8 Å². The normalized spacial score (nSPS) is 16.1. The van der Waals surface area contributed by atoms with Gasteiger partial charge >= 0.3 is 0 Å². The molecule has 0 aromatic heterocycles. The summed E-state index contributed by atoms with van der Waals surface area (Å²) in [6.07, 6.45) is 5.08. The van der Waals surface area contributed by atoms with Gasteiger partial charge in [0.15, 0.2) is 0 Å². The molecule has 1 fully saturated rings. The Morgan fingerprint density at radius 1 is 0.446 bits per heavy atom. The van der Waals surface area contributed by atoms with E-state index in [2.05, 4.69) is 190 Å². The van der Waals surface area contributed by atoms with Crippen molar-refractivity contribution in [2.24, 2.45) is 0 Å². The quantitative estimate of drug-likeness (QED) is 0.171. The molecule has 0 aliphatic heterocycles. The average Bonchev–Trinajstić information content (AvgIpc) is 3.91. The predicted molar refractivity (Wildman–Crippen MR) is 238 cm³/mol. The zero-order valence-corrected chi connectivity index (χ0v) is 32.9. The van der Waals surface area contributed by atoms with Crippen molar-refractivity contribution in [2.75, 3.05) is 4.90 Å². The van der Waals surface area contributed by atoms with E-state index < -0.39 is 0 Å². The first-order valence-electron chi connectivity index (χ1n) is 20.6. The first kappa shape index (κ1) is 33.4. The lowest BCUT2D eigenvalue weighted by Gasteiger charge is -2.32. The van der Waals surface area contributed by atoms with Gasteiger partial charge in [0.25, 0.3) is 0 Å². The van der Waals surface area contributed by atoms with Crippen LogP contribution >= 0.6 is 0 Å². The molecule has 1 nitrogen and oxygen atoms in total. The fraction of sp³-hybridized carbons (Fsp3) is 0.200. The molecule has 0 unspecified atom stereocenters. The Bertz CT molecular complexity index is 2880. The summed E-state index contributed by atoms with van der Waals surface area (Å²) in [6.45, 7) is 9.59. The van der Waals surface area contributed by atoms with Crippen LogP contribution in [0.4, 0.5) is 17.1 Å². The number of rotatable bonds is 5. The van der Waals surface area contributed by atoms with Crippen LogP contribution in [0.5, 0.6) is 0 Å². The molecular weight excluding hydrogens is 675 g/mol. The van der Waals surface area contributed by atoms with Gasteiger partial charge in [-0.25, -0.2) is 0 Å². The fourth-order valence-electron chi connectivity index (χ4n) is 10.9. The lowest BCUT2D eigenvalue weighted by molar-refractivity contribution is 0.660. The van der Waals surface area contributed by atoms with E-state index >= 15 is 0 Å². The standard InChI is InChI=1S/C55H47N/c1-54(2)48-23-13-11-20-42(48)44-29-26-38(32-50(44)54)53-46-22-10-9-19-41(46)47(36-16-6-7-17-36)34-52(53)56(39-27-25-35-15-5-8-18-37(35)31-39)40-28-30-45-43-21-12-14-24-49(43)55(3,4)51(45)33-40/h5,8-15,18-34,36H,6-7,16-17H2,1-4H3. The Morgan fingerprint density at radius 2 is 0.982 bits per heavy atom. The molecule has 8 aromatic rings. The summed E-state index contributed by atoms with van der Waals surface area (Å²) in [6, 6.07) is 60.3. The molecule has 0 saturated heterocycles. The minimum absolute atomic E-state index is 0.0969. The van der Waals surface area contributed by atoms with E-state index in [1.807, 2.05) is 0 Å². The average molecular weight is 722 g/mol. The molecule has 0 spiro atoms. The highest BCUT2D eigenvalue weighted by atomic mass is 15.1. The lowest BCUT2D eigenvalue weighted by atomic mass is 9.80. The number of hydrogen-bond donors (Lipinski definition) is 0. The molecule has 272 valence electrons. The van der Waals surface area contributed by atoms with E-state index in [0.717, 1.165) is 0 Å². The number of benzene rings is 8. The molecule has 0 amide bonds. The molecule has 3 aliphatic carbocycles. The fourth-order valence-corrected chi connectivity index (χ4v) is 10.9. The molecule has 8 aromatic carbocycles. The number of anilines is 3. The molecular formula is C55H47N. The monoisotopic (exact) mass is 721 g/mol. The van der Waals surface area contributed by atoms with Gasteiger partial charge in [-0.15, -0.1) is 0 Å². The third kappa shape index (κ3) is 4.86. The Hall–Kier alpha value is -5.92. The summed E-state index contributed by atoms with van der Waals surface area (Å²) in [5.41, 5.74) is 18.5. The van der Waals surface area contributed by atoms with Gasteiger partial charge in [0.05, 0.1) is 5.69 Å². The first-order valence-corrected chi connectivity index (χ1v) is 20.6. The Morgan fingerprint density at radius 3 is 1.70 bits per heavy atom. The third-order valence-electron chi connectivity index (χ3n) is 13.8. The molecule has 0 atom stereocenters.